The van der Waals surface area contributed by atoms with Crippen molar-refractivity contribution in [1.82, 2.24) is 0 Å². The highest BCUT2D eigenvalue weighted by molar-refractivity contribution is 6.02. The van der Waals surface area contributed by atoms with Crippen LogP contribution in [-0.4, -0.2) is 51.7 Å². The van der Waals surface area contributed by atoms with Gasteiger partial charge in [-0.3, -0.25) is 9.59 Å². The third kappa shape index (κ3) is 1.85. The Morgan fingerprint density at radius 2 is 1.79 bits per heavy atom. The van der Waals surface area contributed by atoms with Gasteiger partial charge >= 0.3 is 11.9 Å². The fourth-order valence-electron chi connectivity index (χ4n) is 0.637. The van der Waals surface area contributed by atoms with Crippen molar-refractivity contribution >= 4 is 24.7 Å². The average molecular weight is 206 g/mol. The quantitative estimate of drug-likeness (QED) is 0.323. The monoisotopic (exact) mass is 206 g/mol. The Labute approximate surface area is 76.7 Å². The lowest BCUT2D eigenvalue weighted by atomic mass is 9.98. The molecule has 14 heavy (non-hydrogen) atoms. The number of aliphatic carboxylic acids is 2. The van der Waals surface area contributed by atoms with Crippen LogP contribution in [0, 0.1) is 0 Å². The van der Waals surface area contributed by atoms with E-state index in [1.54, 1.807) is 0 Å². The van der Waals surface area contributed by atoms with Gasteiger partial charge in [0.05, 0.1) is 0 Å². The van der Waals surface area contributed by atoms with Crippen LogP contribution in [0.3, 0.4) is 0 Å². The molecule has 0 aliphatic heterocycles. The van der Waals surface area contributed by atoms with E-state index in [9.17, 15) is 19.2 Å². The van der Waals surface area contributed by atoms with Gasteiger partial charge in [0.15, 0.2) is 6.29 Å². The first kappa shape index (κ1) is 12.0. The number of carbonyl (C=O) groups excluding carboxylic acids is 2. The molecule has 0 saturated heterocycles. The first-order valence-electron chi connectivity index (χ1n) is 3.14. The average Bonchev–Trinajstić information content (AvgIpc) is 2.12. The number of aldehydes is 1. The number of hydrogen-bond acceptors (Lipinski definition) is 6. The largest absolute Gasteiger partial charge is 0.479 e. The summed E-state index contributed by atoms with van der Waals surface area (Å²) in [6, 6.07) is 0. The number of aliphatic hydroxyl groups excluding tert-OH is 1. The number of carboxylic acids is 2. The molecule has 78 valence electrons. The van der Waals surface area contributed by atoms with Gasteiger partial charge in [-0.25, -0.2) is 9.59 Å². The Balaban J connectivity index is 5.22. The first-order chi connectivity index (χ1) is 6.42. The Hall–Kier alpha value is -1.96. The highest BCUT2D eigenvalue weighted by Crippen LogP contribution is 2.13. The first-order valence-corrected chi connectivity index (χ1v) is 3.14. The molecule has 0 saturated carbocycles. The summed E-state index contributed by atoms with van der Waals surface area (Å²) in [7, 11) is 0. The Bertz CT molecular complexity index is 271. The summed E-state index contributed by atoms with van der Waals surface area (Å²) >= 11 is 0. The summed E-state index contributed by atoms with van der Waals surface area (Å²) in [5.74, 6) is -4.07. The Morgan fingerprint density at radius 1 is 1.29 bits per heavy atom. The lowest BCUT2D eigenvalue weighted by Gasteiger charge is -2.23. The summed E-state index contributed by atoms with van der Waals surface area (Å²) in [6.07, 6.45) is -3.13. The van der Waals surface area contributed by atoms with E-state index in [-0.39, 0.29) is 0 Å². The molecule has 8 nitrogen and oxygen atoms in total. The Kier molecular flexibility index (Phi) is 3.72. The zero-order valence-electron chi connectivity index (χ0n) is 6.61. The van der Waals surface area contributed by atoms with Crippen molar-refractivity contribution in [2.75, 3.05) is 0 Å². The fraction of sp³-hybridized carbons (Fsp3) is 0.333. The van der Waals surface area contributed by atoms with Gasteiger partial charge < -0.3 is 20.1 Å². The number of carbonyl (C=O) groups is 4. The maximum atomic E-state index is 10.4. The number of hydrogen-bond donors (Lipinski definition) is 3. The highest BCUT2D eigenvalue weighted by atomic mass is 16.6. The molecule has 8 heteroatoms. The van der Waals surface area contributed by atoms with Gasteiger partial charge in [0.1, 0.15) is 0 Å². The van der Waals surface area contributed by atoms with Crippen LogP contribution >= 0.6 is 0 Å². The molecule has 0 aliphatic carbocycles. The zero-order valence-corrected chi connectivity index (χ0v) is 6.61. The lowest BCUT2D eigenvalue weighted by molar-refractivity contribution is -0.190. The summed E-state index contributed by atoms with van der Waals surface area (Å²) in [5, 5.41) is 25.5. The Morgan fingerprint density at radius 3 is 2.00 bits per heavy atom. The van der Waals surface area contributed by atoms with E-state index >= 15 is 0 Å². The van der Waals surface area contributed by atoms with Crippen LogP contribution < -0.4 is 0 Å². The van der Waals surface area contributed by atoms with E-state index in [0.29, 0.717) is 0 Å². The van der Waals surface area contributed by atoms with Crippen LogP contribution in [0.4, 0.5) is 0 Å². The molecule has 0 aromatic rings. The van der Waals surface area contributed by atoms with Gasteiger partial charge in [0.2, 0.25) is 6.10 Å². The van der Waals surface area contributed by atoms with E-state index in [2.05, 4.69) is 4.74 Å². The van der Waals surface area contributed by atoms with Crippen molar-refractivity contribution in [1.29, 1.82) is 0 Å². The highest BCUT2D eigenvalue weighted by Gasteiger charge is 2.52. The number of ether oxygens (including phenoxy) is 1. The van der Waals surface area contributed by atoms with E-state index in [1.165, 1.54) is 0 Å². The van der Waals surface area contributed by atoms with Gasteiger partial charge in [-0.1, -0.05) is 0 Å². The number of aliphatic hydroxyl groups is 1. The predicted octanol–water partition coefficient (Wildman–Crippen LogP) is -2.37. The second kappa shape index (κ2) is 4.33. The van der Waals surface area contributed by atoms with E-state index in [0.717, 1.165) is 0 Å². The standard InChI is InChI=1S/C6H6O8/c7-1-6(5(12)13,14-2-8)3(9)4(10)11/h1-3,9H,(H,10,11)(H,12,13)/t3?,6-/m1/s1. The third-order valence-corrected chi connectivity index (χ3v) is 1.39. The molecule has 0 fully saturated rings. The molecule has 0 rings (SSSR count). The van der Waals surface area contributed by atoms with E-state index in [1.807, 2.05) is 0 Å². The molecule has 0 spiro atoms. The van der Waals surface area contributed by atoms with E-state index in [4.69, 9.17) is 15.3 Å². The molecule has 2 atom stereocenters. The van der Waals surface area contributed by atoms with Crippen LogP contribution in [0.5, 0.6) is 0 Å². The van der Waals surface area contributed by atoms with Gasteiger partial charge in [-0.05, 0) is 0 Å². The summed E-state index contributed by atoms with van der Waals surface area (Å²) in [5.41, 5.74) is -3.10. The van der Waals surface area contributed by atoms with Crippen LogP contribution in [0.25, 0.3) is 0 Å². The maximum absolute atomic E-state index is 10.4. The van der Waals surface area contributed by atoms with Gasteiger partial charge in [0.25, 0.3) is 12.1 Å². The van der Waals surface area contributed by atoms with Crippen molar-refractivity contribution in [3.63, 3.8) is 0 Å². The predicted molar refractivity (Wildman–Crippen MR) is 37.2 cm³/mol. The van der Waals surface area contributed by atoms with Crippen LogP contribution in [0.2, 0.25) is 0 Å². The van der Waals surface area contributed by atoms with Crippen molar-refractivity contribution in [3.8, 4) is 0 Å². The SMILES string of the molecule is O=CO[C@@](C=O)(C(=O)O)C(O)C(=O)O. The second-order valence-corrected chi connectivity index (χ2v) is 2.17. The van der Waals surface area contributed by atoms with Gasteiger partial charge in [-0.2, -0.15) is 0 Å². The summed E-state index contributed by atoms with van der Waals surface area (Å²) in [4.78, 5) is 40.8. The van der Waals surface area contributed by atoms with Crippen LogP contribution in [0.15, 0.2) is 0 Å². The molecule has 0 heterocycles. The van der Waals surface area contributed by atoms with Crippen LogP contribution in [0.1, 0.15) is 0 Å². The van der Waals surface area contributed by atoms with E-state index < -0.39 is 36.4 Å². The molecule has 0 amide bonds. The lowest BCUT2D eigenvalue weighted by Crippen LogP contribution is -2.56. The minimum Gasteiger partial charge on any atom is -0.479 e. The molecule has 0 aromatic heterocycles. The molecule has 0 radical (unpaired) electrons. The molecular weight excluding hydrogens is 200 g/mol. The normalized spacial score (nSPS) is 16.1. The van der Waals surface area contributed by atoms with Crippen molar-refractivity contribution < 1.29 is 39.2 Å². The van der Waals surface area contributed by atoms with Crippen LogP contribution in [-0.2, 0) is 23.9 Å². The maximum Gasteiger partial charge on any atom is 0.359 e. The molecule has 0 aromatic carbocycles. The molecule has 0 aliphatic rings. The minimum atomic E-state index is -3.10. The van der Waals surface area contributed by atoms with Crippen molar-refractivity contribution in [2.24, 2.45) is 0 Å². The smallest absolute Gasteiger partial charge is 0.359 e. The summed E-state index contributed by atoms with van der Waals surface area (Å²) in [6.45, 7) is -0.436. The molecular formula is C6H6O8. The zero-order chi connectivity index (χ0) is 11.4. The molecule has 0 bridgehead atoms. The molecule has 1 unspecified atom stereocenters. The van der Waals surface area contributed by atoms with Gasteiger partial charge in [-0.15, -0.1) is 0 Å². The number of rotatable bonds is 6. The topological polar surface area (TPSA) is 138 Å². The number of carboxylic acid groups (broad SMARTS) is 2. The van der Waals surface area contributed by atoms with Crippen molar-refractivity contribution in [2.45, 2.75) is 11.7 Å². The van der Waals surface area contributed by atoms with Gasteiger partial charge in [0, 0.05) is 0 Å². The fourth-order valence-corrected chi connectivity index (χ4v) is 0.637. The summed E-state index contributed by atoms with van der Waals surface area (Å²) < 4.78 is 3.78. The second-order valence-electron chi connectivity index (χ2n) is 2.17. The van der Waals surface area contributed by atoms with Crippen molar-refractivity contribution in [3.05, 3.63) is 0 Å². The minimum absolute atomic E-state index is 0.436. The third-order valence-electron chi connectivity index (χ3n) is 1.39. The molecule has 3 N–H and O–H groups in total.